The first kappa shape index (κ1) is 19.4. The zero-order valence-corrected chi connectivity index (χ0v) is 14.8. The molecule has 0 aliphatic heterocycles. The van der Waals surface area contributed by atoms with Gasteiger partial charge in [0.2, 0.25) is 5.91 Å². The molecule has 26 heavy (non-hydrogen) atoms. The van der Waals surface area contributed by atoms with Crippen LogP contribution in [0.15, 0.2) is 47.4 Å². The summed E-state index contributed by atoms with van der Waals surface area (Å²) >= 11 is 0. The molecule has 8 heteroatoms. The van der Waals surface area contributed by atoms with Crippen molar-refractivity contribution in [1.29, 1.82) is 5.26 Å². The number of nitrogens with one attached hydrogen (secondary N) is 1. The van der Waals surface area contributed by atoms with Crippen molar-refractivity contribution in [2.75, 3.05) is 18.2 Å². The standard InChI is InChI=1S/C18H17FN2O4S/c1-26(23,24)16-7-5-15(6-8-16)25-10-2-3-18(22)21-14-4-9-17(19)13(11-14)12-20/h4-9,11H,2-3,10H2,1H3,(H,21,22). The van der Waals surface area contributed by atoms with Gasteiger partial charge in [0.05, 0.1) is 17.1 Å². The Morgan fingerprint density at radius 1 is 1.23 bits per heavy atom. The van der Waals surface area contributed by atoms with Crippen LogP contribution in [0.4, 0.5) is 10.1 Å². The fourth-order valence-corrected chi connectivity index (χ4v) is 2.75. The van der Waals surface area contributed by atoms with E-state index < -0.39 is 15.7 Å². The van der Waals surface area contributed by atoms with Gasteiger partial charge in [0, 0.05) is 18.4 Å². The number of nitrogens with zero attached hydrogens (tertiary/aromatic N) is 1. The first-order chi connectivity index (χ1) is 12.3. The number of hydrogen-bond donors (Lipinski definition) is 1. The Bertz CT molecular complexity index is 935. The maximum Gasteiger partial charge on any atom is 0.224 e. The molecule has 0 heterocycles. The molecule has 0 aromatic heterocycles. The molecule has 0 spiro atoms. The molecule has 2 aromatic carbocycles. The van der Waals surface area contributed by atoms with Gasteiger partial charge in [-0.15, -0.1) is 0 Å². The van der Waals surface area contributed by atoms with Crippen LogP contribution < -0.4 is 10.1 Å². The molecule has 0 aliphatic rings. The van der Waals surface area contributed by atoms with Crippen molar-refractivity contribution in [3.63, 3.8) is 0 Å². The molecule has 1 amide bonds. The van der Waals surface area contributed by atoms with Gasteiger partial charge in [-0.1, -0.05) is 0 Å². The van der Waals surface area contributed by atoms with Crippen molar-refractivity contribution in [2.24, 2.45) is 0 Å². The number of amides is 1. The average molecular weight is 376 g/mol. The summed E-state index contributed by atoms with van der Waals surface area (Å²) in [6.07, 6.45) is 1.74. The van der Waals surface area contributed by atoms with Crippen molar-refractivity contribution in [2.45, 2.75) is 17.7 Å². The lowest BCUT2D eigenvalue weighted by atomic mass is 10.2. The molecular weight excluding hydrogens is 359 g/mol. The summed E-state index contributed by atoms with van der Waals surface area (Å²) in [6.45, 7) is 0.276. The van der Waals surface area contributed by atoms with Crippen molar-refractivity contribution in [3.05, 3.63) is 53.8 Å². The van der Waals surface area contributed by atoms with Crippen LogP contribution in [-0.2, 0) is 14.6 Å². The van der Waals surface area contributed by atoms with Crippen molar-refractivity contribution >= 4 is 21.4 Å². The Morgan fingerprint density at radius 3 is 2.54 bits per heavy atom. The number of carbonyl (C=O) groups excluding carboxylic acids is 1. The third kappa shape index (κ3) is 5.57. The summed E-state index contributed by atoms with van der Waals surface area (Å²) in [5.74, 6) is -0.410. The maximum absolute atomic E-state index is 13.2. The summed E-state index contributed by atoms with van der Waals surface area (Å²) in [4.78, 5) is 12.1. The SMILES string of the molecule is CS(=O)(=O)c1ccc(OCCCC(=O)Nc2ccc(F)c(C#N)c2)cc1. The number of halogens is 1. The van der Waals surface area contributed by atoms with Gasteiger partial charge in [0.1, 0.15) is 17.6 Å². The van der Waals surface area contributed by atoms with E-state index in [1.807, 2.05) is 0 Å². The molecule has 0 bridgehead atoms. The van der Waals surface area contributed by atoms with E-state index in [0.29, 0.717) is 17.9 Å². The van der Waals surface area contributed by atoms with Crippen LogP contribution in [0.2, 0.25) is 0 Å². The molecule has 0 atom stereocenters. The molecular formula is C18H17FN2O4S. The fourth-order valence-electron chi connectivity index (χ4n) is 2.12. The first-order valence-electron chi connectivity index (χ1n) is 7.72. The molecule has 1 N–H and O–H groups in total. The van der Waals surface area contributed by atoms with E-state index in [4.69, 9.17) is 10.00 Å². The van der Waals surface area contributed by atoms with Gasteiger partial charge in [-0.05, 0) is 48.9 Å². The van der Waals surface area contributed by atoms with Crippen LogP contribution in [0, 0.1) is 17.1 Å². The highest BCUT2D eigenvalue weighted by Crippen LogP contribution is 2.17. The van der Waals surface area contributed by atoms with E-state index in [1.54, 1.807) is 18.2 Å². The summed E-state index contributed by atoms with van der Waals surface area (Å²) < 4.78 is 41.4. The van der Waals surface area contributed by atoms with E-state index in [2.05, 4.69) is 5.32 Å². The second kappa shape index (κ2) is 8.45. The predicted molar refractivity (Wildman–Crippen MR) is 94.0 cm³/mol. The molecule has 0 aliphatic carbocycles. The second-order valence-electron chi connectivity index (χ2n) is 5.55. The zero-order chi connectivity index (χ0) is 19.2. The van der Waals surface area contributed by atoms with Crippen LogP contribution in [0.1, 0.15) is 18.4 Å². The summed E-state index contributed by atoms with van der Waals surface area (Å²) in [6, 6.07) is 11.5. The van der Waals surface area contributed by atoms with Gasteiger partial charge >= 0.3 is 0 Å². The lowest BCUT2D eigenvalue weighted by molar-refractivity contribution is -0.116. The quantitative estimate of drug-likeness (QED) is 0.750. The van der Waals surface area contributed by atoms with Crippen molar-refractivity contribution < 1.29 is 22.3 Å². The number of sulfone groups is 1. The highest BCUT2D eigenvalue weighted by Gasteiger charge is 2.08. The summed E-state index contributed by atoms with van der Waals surface area (Å²) in [7, 11) is -3.25. The number of rotatable bonds is 7. The number of anilines is 1. The molecule has 136 valence electrons. The van der Waals surface area contributed by atoms with Gasteiger partial charge < -0.3 is 10.1 Å². The first-order valence-corrected chi connectivity index (χ1v) is 9.61. The third-order valence-corrected chi connectivity index (χ3v) is 4.57. The maximum atomic E-state index is 13.2. The molecule has 2 aromatic rings. The topological polar surface area (TPSA) is 96.3 Å². The molecule has 0 unspecified atom stereocenters. The van der Waals surface area contributed by atoms with Crippen LogP contribution in [0.25, 0.3) is 0 Å². The number of benzene rings is 2. The molecule has 0 radical (unpaired) electrons. The van der Waals surface area contributed by atoms with Crippen LogP contribution in [0.3, 0.4) is 0 Å². The minimum absolute atomic E-state index is 0.135. The average Bonchev–Trinajstić information content (AvgIpc) is 2.60. The van der Waals surface area contributed by atoms with Gasteiger partial charge in [-0.2, -0.15) is 5.26 Å². The van der Waals surface area contributed by atoms with Crippen LogP contribution in [0.5, 0.6) is 5.75 Å². The number of nitriles is 1. The summed E-state index contributed by atoms with van der Waals surface area (Å²) in [5.41, 5.74) is 0.217. The molecule has 0 fully saturated rings. The van der Waals surface area contributed by atoms with Crippen LogP contribution >= 0.6 is 0 Å². The molecule has 0 saturated heterocycles. The molecule has 2 rings (SSSR count). The Morgan fingerprint density at radius 2 is 1.92 bits per heavy atom. The third-order valence-electron chi connectivity index (χ3n) is 3.44. The predicted octanol–water partition coefficient (Wildman–Crippen LogP) is 2.90. The van der Waals surface area contributed by atoms with Gasteiger partial charge in [0.15, 0.2) is 9.84 Å². The highest BCUT2D eigenvalue weighted by molar-refractivity contribution is 7.90. The van der Waals surface area contributed by atoms with Gasteiger partial charge in [-0.3, -0.25) is 4.79 Å². The number of hydrogen-bond acceptors (Lipinski definition) is 5. The van der Waals surface area contributed by atoms with E-state index in [9.17, 15) is 17.6 Å². The minimum atomic E-state index is -3.25. The highest BCUT2D eigenvalue weighted by atomic mass is 32.2. The normalized spacial score (nSPS) is 10.8. The van der Waals surface area contributed by atoms with E-state index in [1.165, 1.54) is 24.3 Å². The second-order valence-corrected chi connectivity index (χ2v) is 7.57. The van der Waals surface area contributed by atoms with Crippen molar-refractivity contribution in [3.8, 4) is 11.8 Å². The Labute approximate surface area is 151 Å². The fraction of sp³-hybridized carbons (Fsp3) is 0.222. The number of ether oxygens (including phenoxy) is 1. The van der Waals surface area contributed by atoms with E-state index >= 15 is 0 Å². The molecule has 6 nitrogen and oxygen atoms in total. The summed E-state index contributed by atoms with van der Waals surface area (Å²) in [5, 5.41) is 11.4. The van der Waals surface area contributed by atoms with E-state index in [-0.39, 0.29) is 29.4 Å². The zero-order valence-electron chi connectivity index (χ0n) is 14.0. The largest absolute Gasteiger partial charge is 0.494 e. The van der Waals surface area contributed by atoms with Gasteiger partial charge in [0.25, 0.3) is 0 Å². The number of carbonyl (C=O) groups is 1. The van der Waals surface area contributed by atoms with Gasteiger partial charge in [-0.25, -0.2) is 12.8 Å². The minimum Gasteiger partial charge on any atom is -0.494 e. The van der Waals surface area contributed by atoms with Crippen molar-refractivity contribution in [1.82, 2.24) is 0 Å². The smallest absolute Gasteiger partial charge is 0.224 e. The van der Waals surface area contributed by atoms with Crippen LogP contribution in [-0.4, -0.2) is 27.2 Å². The molecule has 0 saturated carbocycles. The Balaban J connectivity index is 1.77. The Hall–Kier alpha value is -2.92. The Kier molecular flexibility index (Phi) is 6.31. The lowest BCUT2D eigenvalue weighted by Crippen LogP contribution is -2.13. The monoisotopic (exact) mass is 376 g/mol. The lowest BCUT2D eigenvalue weighted by Gasteiger charge is -2.08. The van der Waals surface area contributed by atoms with E-state index in [0.717, 1.165) is 12.3 Å².